The van der Waals surface area contributed by atoms with E-state index in [4.69, 9.17) is 9.47 Å². The van der Waals surface area contributed by atoms with Crippen LogP contribution in [0.1, 0.15) is 32.1 Å². The quantitative estimate of drug-likeness (QED) is 0.181. The summed E-state index contributed by atoms with van der Waals surface area (Å²) in [5.74, 6) is 0. The first-order chi connectivity index (χ1) is 15.2. The first kappa shape index (κ1) is 22.9. The van der Waals surface area contributed by atoms with Gasteiger partial charge in [0.1, 0.15) is 0 Å². The van der Waals surface area contributed by atoms with Gasteiger partial charge < -0.3 is 0 Å². The Morgan fingerprint density at radius 1 is 0.742 bits per heavy atom. The molecule has 1 atom stereocenters. The molecule has 1 fully saturated rings. The molecule has 1 aliphatic heterocycles. The summed E-state index contributed by atoms with van der Waals surface area (Å²) >= 11 is 2.87. The molecule has 0 amide bonds. The zero-order valence-electron chi connectivity index (χ0n) is 18.0. The predicted molar refractivity (Wildman–Crippen MR) is 143 cm³/mol. The molecule has 0 aromatic heterocycles. The Morgan fingerprint density at radius 2 is 1.26 bits per heavy atom. The number of benzene rings is 3. The molecule has 4 heteroatoms. The Bertz CT molecular complexity index is 828. The van der Waals surface area contributed by atoms with Gasteiger partial charge in [0.05, 0.1) is 0 Å². The van der Waals surface area contributed by atoms with Crippen LogP contribution >= 0.6 is 26.3 Å². The molecule has 0 aliphatic carbocycles. The molecule has 1 unspecified atom stereocenters. The van der Waals surface area contributed by atoms with Gasteiger partial charge in [-0.05, 0) is 0 Å². The van der Waals surface area contributed by atoms with Crippen LogP contribution in [0.15, 0.2) is 91.0 Å². The fourth-order valence-corrected chi connectivity index (χ4v) is 13.4. The van der Waals surface area contributed by atoms with Crippen LogP contribution < -0.4 is 15.9 Å². The predicted octanol–water partition coefficient (Wildman–Crippen LogP) is 6.19. The number of ether oxygens (including phenoxy) is 2. The monoisotopic (exact) mass is 546 g/mol. The molecule has 1 heterocycles. The summed E-state index contributed by atoms with van der Waals surface area (Å²) in [6, 6.07) is 33.5. The van der Waals surface area contributed by atoms with Crippen molar-refractivity contribution in [1.29, 1.82) is 0 Å². The van der Waals surface area contributed by atoms with Gasteiger partial charge in [-0.15, -0.1) is 0 Å². The van der Waals surface area contributed by atoms with Crippen LogP contribution in [-0.2, 0) is 9.47 Å². The standard InChI is InChI=1S/C27H32IO2P/c28-31(24-14-4-1-5-15-24,25-16-6-2-7-17-25,26-18-8-3-9-19-26)23-13-12-22-30-27-20-10-11-21-29-27/h1-9,14-19,27H,10-13,20-23H2. The zero-order valence-corrected chi connectivity index (χ0v) is 21.1. The van der Waals surface area contributed by atoms with E-state index in [1.165, 1.54) is 22.3 Å². The van der Waals surface area contributed by atoms with Crippen LogP contribution in [0, 0.1) is 0 Å². The van der Waals surface area contributed by atoms with Crippen molar-refractivity contribution in [2.75, 3.05) is 19.4 Å². The number of halogens is 1. The molecule has 0 radical (unpaired) electrons. The molecule has 0 N–H and O–H groups in total. The van der Waals surface area contributed by atoms with E-state index in [-0.39, 0.29) is 6.29 Å². The van der Waals surface area contributed by atoms with Crippen molar-refractivity contribution in [3.8, 4) is 0 Å². The van der Waals surface area contributed by atoms with E-state index >= 15 is 0 Å². The third-order valence-corrected chi connectivity index (χ3v) is 18.0. The van der Waals surface area contributed by atoms with Crippen molar-refractivity contribution in [2.45, 2.75) is 38.4 Å². The van der Waals surface area contributed by atoms with E-state index in [0.29, 0.717) is 0 Å². The van der Waals surface area contributed by atoms with Gasteiger partial charge in [0.2, 0.25) is 0 Å². The van der Waals surface area contributed by atoms with Crippen LogP contribution in [0.3, 0.4) is 0 Å². The SMILES string of the molecule is IP(CCCCOC1CCCCO1)(c1ccccc1)(c1ccccc1)c1ccccc1. The molecule has 31 heavy (non-hydrogen) atoms. The van der Waals surface area contributed by atoms with Crippen LogP contribution in [0.25, 0.3) is 0 Å². The van der Waals surface area contributed by atoms with Crippen LogP contribution in [0.4, 0.5) is 0 Å². The van der Waals surface area contributed by atoms with E-state index in [9.17, 15) is 0 Å². The topological polar surface area (TPSA) is 18.5 Å². The maximum absolute atomic E-state index is 6.04. The van der Waals surface area contributed by atoms with Gasteiger partial charge in [0.15, 0.2) is 0 Å². The van der Waals surface area contributed by atoms with Gasteiger partial charge in [0.25, 0.3) is 0 Å². The van der Waals surface area contributed by atoms with E-state index in [1.54, 1.807) is 0 Å². The number of rotatable bonds is 9. The minimum atomic E-state index is -2.64. The van der Waals surface area contributed by atoms with Gasteiger partial charge in [-0.25, -0.2) is 0 Å². The third kappa shape index (κ3) is 4.90. The molecule has 3 aromatic rings. The van der Waals surface area contributed by atoms with E-state index in [2.05, 4.69) is 113 Å². The Hall–Kier alpha value is -1.26. The summed E-state index contributed by atoms with van der Waals surface area (Å²) in [5, 5.41) is 4.34. The fourth-order valence-electron chi connectivity index (χ4n) is 4.62. The van der Waals surface area contributed by atoms with Crippen molar-refractivity contribution in [3.05, 3.63) is 91.0 Å². The Kier molecular flexibility index (Phi) is 7.81. The molecule has 0 bridgehead atoms. The molecule has 2 nitrogen and oxygen atoms in total. The van der Waals surface area contributed by atoms with E-state index in [0.717, 1.165) is 45.1 Å². The maximum atomic E-state index is 6.04. The van der Waals surface area contributed by atoms with Crippen LogP contribution in [0.2, 0.25) is 0 Å². The summed E-state index contributed by atoms with van der Waals surface area (Å²) in [4.78, 5) is 0. The van der Waals surface area contributed by atoms with Crippen LogP contribution in [0.5, 0.6) is 0 Å². The van der Waals surface area contributed by atoms with Gasteiger partial charge in [-0.3, -0.25) is 0 Å². The first-order valence-corrected chi connectivity index (χ1v) is 16.6. The molecule has 1 aliphatic rings. The zero-order chi connectivity index (χ0) is 21.4. The van der Waals surface area contributed by atoms with Gasteiger partial charge in [-0.1, -0.05) is 0 Å². The van der Waals surface area contributed by atoms with Crippen LogP contribution in [-0.4, -0.2) is 25.7 Å². The summed E-state index contributed by atoms with van der Waals surface area (Å²) in [6.45, 7) is 1.61. The summed E-state index contributed by atoms with van der Waals surface area (Å²) in [7, 11) is 0. The van der Waals surface area contributed by atoms with Crippen molar-refractivity contribution in [2.24, 2.45) is 0 Å². The molecule has 0 saturated carbocycles. The van der Waals surface area contributed by atoms with Gasteiger partial charge >= 0.3 is 200 Å². The summed E-state index contributed by atoms with van der Waals surface area (Å²) in [5.41, 5.74) is 0. The molecular formula is C27H32IO2P. The second-order valence-corrected chi connectivity index (χ2v) is 19.0. The number of hydrogen-bond acceptors (Lipinski definition) is 2. The molecule has 164 valence electrons. The Balaban J connectivity index is 1.64. The van der Waals surface area contributed by atoms with Crippen molar-refractivity contribution in [1.82, 2.24) is 0 Å². The summed E-state index contributed by atoms with van der Waals surface area (Å²) < 4.78 is 9.13. The Labute approximate surface area is 199 Å². The third-order valence-electron chi connectivity index (χ3n) is 6.30. The summed E-state index contributed by atoms with van der Waals surface area (Å²) in [6.07, 6.45) is 6.70. The normalized spacial score (nSPS) is 18.2. The second kappa shape index (κ2) is 10.6. The van der Waals surface area contributed by atoms with E-state index in [1.807, 2.05) is 0 Å². The van der Waals surface area contributed by atoms with Gasteiger partial charge in [-0.2, -0.15) is 0 Å². The number of hydrogen-bond donors (Lipinski definition) is 0. The van der Waals surface area contributed by atoms with Crippen molar-refractivity contribution in [3.63, 3.8) is 0 Å². The molecule has 4 rings (SSSR count). The average molecular weight is 546 g/mol. The van der Waals surface area contributed by atoms with Crippen molar-refractivity contribution >= 4 is 42.2 Å². The molecule has 0 spiro atoms. The molecule has 1 saturated heterocycles. The molecular weight excluding hydrogens is 514 g/mol. The van der Waals surface area contributed by atoms with Gasteiger partial charge in [0, 0.05) is 0 Å². The van der Waals surface area contributed by atoms with Crippen molar-refractivity contribution < 1.29 is 9.47 Å². The Morgan fingerprint density at radius 3 is 1.71 bits per heavy atom. The second-order valence-electron chi connectivity index (χ2n) is 8.29. The van der Waals surface area contributed by atoms with E-state index < -0.39 is 4.25 Å². The molecule has 3 aromatic carbocycles. The average Bonchev–Trinajstić information content (AvgIpc) is 2.86. The first-order valence-electron chi connectivity index (χ1n) is 11.3. The number of unbranched alkanes of at least 4 members (excludes halogenated alkanes) is 1. The fraction of sp³-hybridized carbons (Fsp3) is 0.333. The minimum absolute atomic E-state index is 0.000879.